The van der Waals surface area contributed by atoms with Gasteiger partial charge in [-0.15, -0.1) is 0 Å². The lowest BCUT2D eigenvalue weighted by Gasteiger charge is -2.06. The van der Waals surface area contributed by atoms with Crippen LogP contribution in [0.5, 0.6) is 17.2 Å². The molecule has 0 amide bonds. The molecule has 4 nitrogen and oxygen atoms in total. The van der Waals surface area contributed by atoms with Gasteiger partial charge in [-0.1, -0.05) is 19.4 Å². The van der Waals surface area contributed by atoms with Crippen molar-refractivity contribution in [3.05, 3.63) is 59.7 Å². The van der Waals surface area contributed by atoms with Crippen LogP contribution in [0.25, 0.3) is 6.08 Å². The van der Waals surface area contributed by atoms with Gasteiger partial charge in [-0.3, -0.25) is 4.79 Å². The van der Waals surface area contributed by atoms with Crippen molar-refractivity contribution in [1.29, 1.82) is 0 Å². The Kier molecular flexibility index (Phi) is 7.08. The van der Waals surface area contributed by atoms with E-state index >= 15 is 0 Å². The number of rotatable bonds is 9. The fraction of sp³-hybridized carbons (Fsp3) is 0.286. The summed E-state index contributed by atoms with van der Waals surface area (Å²) in [7, 11) is 3.19. The summed E-state index contributed by atoms with van der Waals surface area (Å²) >= 11 is 0. The molecule has 0 aliphatic heterocycles. The summed E-state index contributed by atoms with van der Waals surface area (Å²) in [6.45, 7) is 2.82. The molecule has 2 aromatic rings. The molecule has 0 heterocycles. The van der Waals surface area contributed by atoms with E-state index in [1.54, 1.807) is 44.6 Å². The SMILES string of the molecule is CCCCOc1ccc(C(=O)/C=C/c2cc(OC)cc(OC)c2)cc1. The van der Waals surface area contributed by atoms with Crippen molar-refractivity contribution in [3.63, 3.8) is 0 Å². The lowest BCUT2D eigenvalue weighted by atomic mass is 10.1. The molecule has 25 heavy (non-hydrogen) atoms. The van der Waals surface area contributed by atoms with Gasteiger partial charge in [0.2, 0.25) is 0 Å². The predicted octanol–water partition coefficient (Wildman–Crippen LogP) is 4.78. The van der Waals surface area contributed by atoms with Crippen molar-refractivity contribution < 1.29 is 19.0 Å². The van der Waals surface area contributed by atoms with Crippen LogP contribution in [-0.2, 0) is 0 Å². The molecule has 0 fully saturated rings. The van der Waals surface area contributed by atoms with Gasteiger partial charge < -0.3 is 14.2 Å². The van der Waals surface area contributed by atoms with Crippen LogP contribution in [0.15, 0.2) is 48.5 Å². The summed E-state index contributed by atoms with van der Waals surface area (Å²) in [5, 5.41) is 0. The first-order valence-corrected chi connectivity index (χ1v) is 8.34. The minimum Gasteiger partial charge on any atom is -0.497 e. The molecule has 0 spiro atoms. The van der Waals surface area contributed by atoms with Crippen LogP contribution in [0.2, 0.25) is 0 Å². The molecule has 4 heteroatoms. The lowest BCUT2D eigenvalue weighted by molar-refractivity contribution is 0.104. The van der Waals surface area contributed by atoms with E-state index in [4.69, 9.17) is 14.2 Å². The molecule has 0 bridgehead atoms. The molecule has 0 unspecified atom stereocenters. The first-order valence-electron chi connectivity index (χ1n) is 8.34. The standard InChI is InChI=1S/C21H24O4/c1-4-5-12-25-18-9-7-17(8-10-18)21(22)11-6-16-13-19(23-2)15-20(14-16)24-3/h6-11,13-15H,4-5,12H2,1-3H3/b11-6+. The number of benzene rings is 2. The van der Waals surface area contributed by atoms with E-state index in [2.05, 4.69) is 6.92 Å². The van der Waals surface area contributed by atoms with E-state index in [9.17, 15) is 4.79 Å². The van der Waals surface area contributed by atoms with Crippen molar-refractivity contribution in [2.75, 3.05) is 20.8 Å². The molecule has 0 atom stereocenters. The van der Waals surface area contributed by atoms with E-state index in [0.717, 1.165) is 24.2 Å². The maximum Gasteiger partial charge on any atom is 0.185 e. The largest absolute Gasteiger partial charge is 0.497 e. The Labute approximate surface area is 149 Å². The lowest BCUT2D eigenvalue weighted by Crippen LogP contribution is -1.98. The van der Waals surface area contributed by atoms with Crippen LogP contribution in [0, 0.1) is 0 Å². The molecule has 0 saturated carbocycles. The first kappa shape index (κ1) is 18.6. The summed E-state index contributed by atoms with van der Waals surface area (Å²) in [4.78, 5) is 12.3. The zero-order valence-corrected chi connectivity index (χ0v) is 15.0. The number of allylic oxidation sites excluding steroid dienone is 1. The summed E-state index contributed by atoms with van der Waals surface area (Å²) < 4.78 is 16.1. The molecule has 0 aliphatic rings. The average molecular weight is 340 g/mol. The van der Waals surface area contributed by atoms with Gasteiger partial charge in [0.1, 0.15) is 17.2 Å². The van der Waals surface area contributed by atoms with Gasteiger partial charge >= 0.3 is 0 Å². The molecule has 2 rings (SSSR count). The molecule has 2 aromatic carbocycles. The van der Waals surface area contributed by atoms with Gasteiger partial charge in [-0.25, -0.2) is 0 Å². The Morgan fingerprint density at radius 2 is 1.60 bits per heavy atom. The zero-order chi connectivity index (χ0) is 18.1. The second-order valence-corrected chi connectivity index (χ2v) is 5.57. The molecule has 0 aliphatic carbocycles. The van der Waals surface area contributed by atoms with Crippen LogP contribution < -0.4 is 14.2 Å². The molecular weight excluding hydrogens is 316 g/mol. The van der Waals surface area contributed by atoms with Crippen molar-refractivity contribution >= 4 is 11.9 Å². The summed E-state index contributed by atoms with van der Waals surface area (Å²) in [5.41, 5.74) is 1.46. The highest BCUT2D eigenvalue weighted by Gasteiger charge is 2.04. The molecule has 0 saturated heterocycles. The van der Waals surface area contributed by atoms with E-state index in [1.165, 1.54) is 0 Å². The number of ketones is 1. The number of carbonyl (C=O) groups is 1. The number of methoxy groups -OCH3 is 2. The molecular formula is C21H24O4. The van der Waals surface area contributed by atoms with Gasteiger partial charge in [-0.2, -0.15) is 0 Å². The topological polar surface area (TPSA) is 44.8 Å². The van der Waals surface area contributed by atoms with Gasteiger partial charge in [0.25, 0.3) is 0 Å². The highest BCUT2D eigenvalue weighted by atomic mass is 16.5. The van der Waals surface area contributed by atoms with Crippen LogP contribution >= 0.6 is 0 Å². The highest BCUT2D eigenvalue weighted by Crippen LogP contribution is 2.23. The fourth-order valence-electron chi connectivity index (χ4n) is 2.24. The van der Waals surface area contributed by atoms with Crippen molar-refractivity contribution in [2.45, 2.75) is 19.8 Å². The third-order valence-corrected chi connectivity index (χ3v) is 3.71. The first-order chi connectivity index (χ1) is 12.2. The number of hydrogen-bond donors (Lipinski definition) is 0. The summed E-state index contributed by atoms with van der Waals surface area (Å²) in [5.74, 6) is 2.08. The van der Waals surface area contributed by atoms with E-state index in [0.29, 0.717) is 23.7 Å². The molecule has 0 N–H and O–H groups in total. The van der Waals surface area contributed by atoms with Gasteiger partial charge in [0.05, 0.1) is 20.8 Å². The Morgan fingerprint density at radius 3 is 2.16 bits per heavy atom. The van der Waals surface area contributed by atoms with Crippen LogP contribution in [0.3, 0.4) is 0 Å². The molecule has 0 radical (unpaired) electrons. The van der Waals surface area contributed by atoms with Gasteiger partial charge in [0, 0.05) is 11.6 Å². The zero-order valence-electron chi connectivity index (χ0n) is 15.0. The Bertz CT molecular complexity index is 695. The smallest absolute Gasteiger partial charge is 0.185 e. The summed E-state index contributed by atoms with van der Waals surface area (Å²) in [6.07, 6.45) is 5.41. The second kappa shape index (κ2) is 9.52. The Hall–Kier alpha value is -2.75. The minimum atomic E-state index is -0.0677. The third-order valence-electron chi connectivity index (χ3n) is 3.71. The minimum absolute atomic E-state index is 0.0677. The van der Waals surface area contributed by atoms with Crippen molar-refractivity contribution in [2.24, 2.45) is 0 Å². The molecule has 132 valence electrons. The second-order valence-electron chi connectivity index (χ2n) is 5.57. The van der Waals surface area contributed by atoms with Gasteiger partial charge in [-0.05, 0) is 54.5 Å². The van der Waals surface area contributed by atoms with Crippen molar-refractivity contribution in [3.8, 4) is 17.2 Å². The van der Waals surface area contributed by atoms with E-state index in [1.807, 2.05) is 24.3 Å². The maximum atomic E-state index is 12.3. The third kappa shape index (κ3) is 5.68. The number of ether oxygens (including phenoxy) is 3. The predicted molar refractivity (Wildman–Crippen MR) is 99.8 cm³/mol. The summed E-state index contributed by atoms with van der Waals surface area (Å²) in [6, 6.07) is 12.7. The Morgan fingerprint density at radius 1 is 0.960 bits per heavy atom. The van der Waals surface area contributed by atoms with E-state index in [-0.39, 0.29) is 5.78 Å². The van der Waals surface area contributed by atoms with Gasteiger partial charge in [0.15, 0.2) is 5.78 Å². The average Bonchev–Trinajstić information content (AvgIpc) is 2.66. The monoisotopic (exact) mass is 340 g/mol. The number of unbranched alkanes of at least 4 members (excludes halogenated alkanes) is 1. The maximum absolute atomic E-state index is 12.3. The quantitative estimate of drug-likeness (QED) is 0.374. The van der Waals surface area contributed by atoms with Crippen LogP contribution in [0.4, 0.5) is 0 Å². The van der Waals surface area contributed by atoms with Crippen LogP contribution in [-0.4, -0.2) is 26.6 Å². The highest BCUT2D eigenvalue weighted by molar-refractivity contribution is 6.06. The number of hydrogen-bond acceptors (Lipinski definition) is 4. The fourth-order valence-corrected chi connectivity index (χ4v) is 2.24. The number of carbonyl (C=O) groups excluding carboxylic acids is 1. The molecule has 0 aromatic heterocycles. The van der Waals surface area contributed by atoms with Crippen LogP contribution in [0.1, 0.15) is 35.7 Å². The Balaban J connectivity index is 2.04. The van der Waals surface area contributed by atoms with Crippen molar-refractivity contribution in [1.82, 2.24) is 0 Å². The van der Waals surface area contributed by atoms with E-state index < -0.39 is 0 Å². The normalized spacial score (nSPS) is 10.7.